The molecule has 1 nitrogen and oxygen atoms in total. The summed E-state index contributed by atoms with van der Waals surface area (Å²) in [4.78, 5) is 0. The highest BCUT2D eigenvalue weighted by atomic mass is 16.5. The summed E-state index contributed by atoms with van der Waals surface area (Å²) in [7, 11) is 0. The molecule has 0 saturated carbocycles. The number of hydrogen-bond acceptors (Lipinski definition) is 1. The van der Waals surface area contributed by atoms with Gasteiger partial charge in [0.25, 0.3) is 0 Å². The first-order chi connectivity index (χ1) is 9.45. The van der Waals surface area contributed by atoms with Gasteiger partial charge in [0.05, 0.1) is 0 Å². The third-order valence-corrected chi connectivity index (χ3v) is 3.55. The molecule has 106 valence electrons. The summed E-state index contributed by atoms with van der Waals surface area (Å²) in [6, 6.07) is 13.1. The van der Waals surface area contributed by atoms with Crippen molar-refractivity contribution in [2.45, 2.75) is 47.1 Å². The van der Waals surface area contributed by atoms with Crippen molar-refractivity contribution in [2.75, 3.05) is 0 Å². The Kier molecular flexibility index (Phi) is 4.49. The minimum Gasteiger partial charge on any atom is -0.489 e. The van der Waals surface area contributed by atoms with Gasteiger partial charge in [0.2, 0.25) is 0 Å². The Balaban J connectivity index is 2.16. The van der Waals surface area contributed by atoms with Gasteiger partial charge < -0.3 is 4.74 Å². The summed E-state index contributed by atoms with van der Waals surface area (Å²) >= 11 is 0. The third-order valence-electron chi connectivity index (χ3n) is 3.55. The van der Waals surface area contributed by atoms with Crippen LogP contribution in [0.3, 0.4) is 0 Å². The molecule has 2 rings (SSSR count). The van der Waals surface area contributed by atoms with Gasteiger partial charge in [-0.15, -0.1) is 0 Å². The highest BCUT2D eigenvalue weighted by molar-refractivity contribution is 5.38. The highest BCUT2D eigenvalue weighted by Gasteiger charge is 2.05. The van der Waals surface area contributed by atoms with Gasteiger partial charge in [0, 0.05) is 0 Å². The Morgan fingerprint density at radius 3 is 2.15 bits per heavy atom. The van der Waals surface area contributed by atoms with Crippen molar-refractivity contribution in [3.05, 3.63) is 64.2 Å². The predicted molar refractivity (Wildman–Crippen MR) is 85.5 cm³/mol. The van der Waals surface area contributed by atoms with Gasteiger partial charge in [-0.05, 0) is 49.4 Å². The van der Waals surface area contributed by atoms with Crippen LogP contribution in [0.2, 0.25) is 0 Å². The van der Waals surface area contributed by atoms with E-state index in [-0.39, 0.29) is 0 Å². The van der Waals surface area contributed by atoms with E-state index in [0.29, 0.717) is 12.5 Å². The van der Waals surface area contributed by atoms with Crippen molar-refractivity contribution < 1.29 is 4.74 Å². The van der Waals surface area contributed by atoms with E-state index < -0.39 is 0 Å². The number of rotatable bonds is 4. The van der Waals surface area contributed by atoms with Crippen LogP contribution in [0.5, 0.6) is 5.75 Å². The van der Waals surface area contributed by atoms with Crippen LogP contribution in [0.4, 0.5) is 0 Å². The van der Waals surface area contributed by atoms with E-state index in [1.165, 1.54) is 27.8 Å². The summed E-state index contributed by atoms with van der Waals surface area (Å²) in [5, 5.41) is 0. The number of ether oxygens (including phenoxy) is 1. The molecule has 0 N–H and O–H groups in total. The summed E-state index contributed by atoms with van der Waals surface area (Å²) in [6.45, 7) is 11.4. The predicted octanol–water partition coefficient (Wildman–Crippen LogP) is 5.31. The monoisotopic (exact) mass is 268 g/mol. The van der Waals surface area contributed by atoms with Crippen LogP contribution >= 0.6 is 0 Å². The van der Waals surface area contributed by atoms with E-state index in [1.807, 2.05) is 0 Å². The summed E-state index contributed by atoms with van der Waals surface area (Å²) < 4.78 is 6.02. The molecule has 0 radical (unpaired) electrons. The molecule has 0 heterocycles. The van der Waals surface area contributed by atoms with Crippen molar-refractivity contribution in [1.29, 1.82) is 0 Å². The fraction of sp³-hybridized carbons (Fsp3) is 0.368. The first-order valence-corrected chi connectivity index (χ1v) is 7.26. The van der Waals surface area contributed by atoms with E-state index in [2.05, 4.69) is 71.0 Å². The van der Waals surface area contributed by atoms with Crippen LogP contribution in [-0.4, -0.2) is 0 Å². The molecule has 0 aliphatic carbocycles. The number of aryl methyl sites for hydroxylation is 3. The molecule has 0 fully saturated rings. The molecule has 2 aromatic rings. The lowest BCUT2D eigenvalue weighted by Gasteiger charge is -2.13. The number of benzene rings is 2. The fourth-order valence-electron chi connectivity index (χ4n) is 2.44. The molecule has 0 amide bonds. The third kappa shape index (κ3) is 3.63. The molecular weight excluding hydrogens is 244 g/mol. The Bertz CT molecular complexity index is 576. The molecule has 0 saturated heterocycles. The normalized spacial score (nSPS) is 10.9. The molecule has 1 heteroatoms. The number of hydrogen-bond donors (Lipinski definition) is 0. The molecule has 0 unspecified atom stereocenters. The molecule has 0 spiro atoms. The smallest absolute Gasteiger partial charge is 0.122 e. The Hall–Kier alpha value is -1.76. The van der Waals surface area contributed by atoms with Crippen molar-refractivity contribution in [3.8, 4) is 5.75 Å². The summed E-state index contributed by atoms with van der Waals surface area (Å²) in [5.74, 6) is 1.52. The lowest BCUT2D eigenvalue weighted by Crippen LogP contribution is -1.99. The molecule has 0 atom stereocenters. The van der Waals surface area contributed by atoms with Crippen molar-refractivity contribution in [3.63, 3.8) is 0 Å². The maximum atomic E-state index is 6.02. The summed E-state index contributed by atoms with van der Waals surface area (Å²) in [6.07, 6.45) is 0. The Labute approximate surface area is 122 Å². The Morgan fingerprint density at radius 1 is 0.900 bits per heavy atom. The fourth-order valence-corrected chi connectivity index (χ4v) is 2.44. The van der Waals surface area contributed by atoms with E-state index >= 15 is 0 Å². The molecule has 0 aliphatic heterocycles. The lowest BCUT2D eigenvalue weighted by molar-refractivity contribution is 0.303. The largest absolute Gasteiger partial charge is 0.489 e. The van der Waals surface area contributed by atoms with Gasteiger partial charge in [-0.2, -0.15) is 0 Å². The lowest BCUT2D eigenvalue weighted by atomic mass is 10.0. The second-order valence-corrected chi connectivity index (χ2v) is 5.96. The van der Waals surface area contributed by atoms with Crippen LogP contribution in [-0.2, 0) is 6.61 Å². The minimum atomic E-state index is 0.527. The minimum absolute atomic E-state index is 0.527. The van der Waals surface area contributed by atoms with Gasteiger partial charge in [0.1, 0.15) is 12.4 Å². The van der Waals surface area contributed by atoms with Crippen LogP contribution < -0.4 is 4.74 Å². The zero-order chi connectivity index (χ0) is 14.7. The van der Waals surface area contributed by atoms with Gasteiger partial charge in [0.15, 0.2) is 0 Å². The maximum absolute atomic E-state index is 6.02. The SMILES string of the molecule is Cc1cc(C)cc(COc2cc(C(C)C)ccc2C)c1. The first kappa shape index (κ1) is 14.6. The van der Waals surface area contributed by atoms with E-state index in [0.717, 1.165) is 5.75 Å². The second-order valence-electron chi connectivity index (χ2n) is 5.96. The van der Waals surface area contributed by atoms with E-state index in [4.69, 9.17) is 4.74 Å². The van der Waals surface area contributed by atoms with Gasteiger partial charge >= 0.3 is 0 Å². The average molecular weight is 268 g/mol. The van der Waals surface area contributed by atoms with Crippen molar-refractivity contribution in [1.82, 2.24) is 0 Å². The second kappa shape index (κ2) is 6.13. The molecule has 0 aromatic heterocycles. The van der Waals surface area contributed by atoms with Crippen LogP contribution in [0, 0.1) is 20.8 Å². The van der Waals surface area contributed by atoms with E-state index in [1.54, 1.807) is 0 Å². The zero-order valence-electron chi connectivity index (χ0n) is 13.2. The topological polar surface area (TPSA) is 9.23 Å². The van der Waals surface area contributed by atoms with Gasteiger partial charge in [-0.25, -0.2) is 0 Å². The molecule has 0 aliphatic rings. The van der Waals surface area contributed by atoms with Crippen LogP contribution in [0.1, 0.15) is 47.6 Å². The van der Waals surface area contributed by atoms with Crippen molar-refractivity contribution >= 4 is 0 Å². The molecule has 0 bridgehead atoms. The van der Waals surface area contributed by atoms with Gasteiger partial charge in [-0.3, -0.25) is 0 Å². The maximum Gasteiger partial charge on any atom is 0.122 e. The van der Waals surface area contributed by atoms with Gasteiger partial charge in [-0.1, -0.05) is 55.3 Å². The summed E-state index contributed by atoms with van der Waals surface area (Å²) in [5.41, 5.74) is 6.33. The zero-order valence-corrected chi connectivity index (χ0v) is 13.2. The van der Waals surface area contributed by atoms with Crippen LogP contribution in [0.25, 0.3) is 0 Å². The average Bonchev–Trinajstić information content (AvgIpc) is 2.36. The Morgan fingerprint density at radius 2 is 1.55 bits per heavy atom. The highest BCUT2D eigenvalue weighted by Crippen LogP contribution is 2.25. The van der Waals surface area contributed by atoms with Crippen molar-refractivity contribution in [2.24, 2.45) is 0 Å². The van der Waals surface area contributed by atoms with E-state index in [9.17, 15) is 0 Å². The molecule has 20 heavy (non-hydrogen) atoms. The molecule has 2 aromatic carbocycles. The molecular formula is C19H24O. The quantitative estimate of drug-likeness (QED) is 0.729. The standard InChI is InChI=1S/C19H24O/c1-13(2)18-7-6-16(5)19(11-18)20-12-17-9-14(3)8-15(4)10-17/h6-11,13H,12H2,1-5H3. The van der Waals surface area contributed by atoms with Crippen LogP contribution in [0.15, 0.2) is 36.4 Å². The first-order valence-electron chi connectivity index (χ1n) is 7.26.